The lowest BCUT2D eigenvalue weighted by atomic mass is 9.83. The number of anilines is 3. The van der Waals surface area contributed by atoms with Gasteiger partial charge in [-0.1, -0.05) is 54.6 Å². The van der Waals surface area contributed by atoms with Crippen molar-refractivity contribution in [1.82, 2.24) is 4.90 Å². The van der Waals surface area contributed by atoms with E-state index >= 15 is 0 Å². The third-order valence-electron chi connectivity index (χ3n) is 9.30. The molecule has 0 aromatic heterocycles. The van der Waals surface area contributed by atoms with Gasteiger partial charge in [-0.2, -0.15) is 0 Å². The van der Waals surface area contributed by atoms with E-state index in [1.54, 1.807) is 47.1 Å². The van der Waals surface area contributed by atoms with Crippen molar-refractivity contribution in [2.45, 2.75) is 70.4 Å². The molecule has 220 valence electrons. The van der Waals surface area contributed by atoms with Crippen LogP contribution in [0.2, 0.25) is 10.0 Å². The Morgan fingerprint density at radius 1 is 0.905 bits per heavy atom. The molecule has 3 unspecified atom stereocenters. The average molecular weight is 609 g/mol. The van der Waals surface area contributed by atoms with E-state index in [0.717, 1.165) is 24.9 Å². The number of fused-ring (bicyclic) bond motifs is 1. The van der Waals surface area contributed by atoms with Crippen LogP contribution in [0.3, 0.4) is 0 Å². The van der Waals surface area contributed by atoms with Gasteiger partial charge in [-0.3, -0.25) is 14.5 Å². The quantitative estimate of drug-likeness (QED) is 0.304. The largest absolute Gasteiger partial charge is 0.382 e. The summed E-state index contributed by atoms with van der Waals surface area (Å²) in [5.41, 5.74) is 3.05. The van der Waals surface area contributed by atoms with Gasteiger partial charge < -0.3 is 10.2 Å². The first-order valence-corrected chi connectivity index (χ1v) is 15.8. The third-order valence-corrected chi connectivity index (χ3v) is 10.0. The molecule has 3 atom stereocenters. The molecule has 2 amide bonds. The highest BCUT2D eigenvalue weighted by molar-refractivity contribution is 6.42. The Kier molecular flexibility index (Phi) is 8.46. The number of likely N-dealkylation sites (tertiary alicyclic amines) is 1. The molecular weight excluding hydrogens is 572 g/mol. The number of carbonyl (C=O) groups excluding carboxylic acids is 2. The van der Waals surface area contributed by atoms with Gasteiger partial charge in [0.25, 0.3) is 5.91 Å². The summed E-state index contributed by atoms with van der Waals surface area (Å²) in [5.74, 6) is -1.23. The van der Waals surface area contributed by atoms with Crippen molar-refractivity contribution in [2.24, 2.45) is 11.8 Å². The van der Waals surface area contributed by atoms with Crippen molar-refractivity contribution >= 4 is 52.1 Å². The zero-order valence-corrected chi connectivity index (χ0v) is 25.3. The number of hydrogen-bond acceptors (Lipinski definition) is 3. The van der Waals surface area contributed by atoms with Crippen molar-refractivity contribution in [3.8, 4) is 0 Å². The van der Waals surface area contributed by atoms with Gasteiger partial charge in [-0.25, -0.2) is 4.39 Å². The minimum atomic E-state index is -0.522. The van der Waals surface area contributed by atoms with Gasteiger partial charge in [-0.15, -0.1) is 0 Å². The van der Waals surface area contributed by atoms with Crippen LogP contribution in [0.4, 0.5) is 21.5 Å². The van der Waals surface area contributed by atoms with E-state index in [-0.39, 0.29) is 35.9 Å². The average Bonchev–Trinajstić information content (AvgIpc) is 3.67. The Hall–Kier alpha value is -3.09. The molecule has 42 heavy (non-hydrogen) atoms. The fourth-order valence-electron chi connectivity index (χ4n) is 7.20. The summed E-state index contributed by atoms with van der Waals surface area (Å²) < 4.78 is 14.9. The number of benzene rings is 3. The van der Waals surface area contributed by atoms with Crippen molar-refractivity contribution < 1.29 is 14.0 Å². The third kappa shape index (κ3) is 5.76. The first-order valence-electron chi connectivity index (χ1n) is 15.0. The fourth-order valence-corrected chi connectivity index (χ4v) is 7.49. The normalized spacial score (nSPS) is 22.2. The molecule has 3 aromatic carbocycles. The van der Waals surface area contributed by atoms with Crippen LogP contribution in [0, 0.1) is 24.6 Å². The molecule has 0 bridgehead atoms. The maximum absolute atomic E-state index is 14.9. The summed E-state index contributed by atoms with van der Waals surface area (Å²) in [6.07, 6.45) is 8.32. The number of nitrogens with zero attached hydrogens (tertiary/aromatic N) is 2. The zero-order valence-electron chi connectivity index (χ0n) is 23.8. The minimum Gasteiger partial charge on any atom is -0.382 e. The Morgan fingerprint density at radius 2 is 1.64 bits per heavy atom. The second-order valence-electron chi connectivity index (χ2n) is 12.0. The summed E-state index contributed by atoms with van der Waals surface area (Å²) in [6, 6.07) is 18.3. The molecule has 6 rings (SSSR count). The number of hydrogen-bond donors (Lipinski definition) is 1. The first kappa shape index (κ1) is 29.0. The molecule has 1 aliphatic heterocycles. The van der Waals surface area contributed by atoms with Gasteiger partial charge in [0.15, 0.2) is 0 Å². The van der Waals surface area contributed by atoms with Gasteiger partial charge in [0, 0.05) is 30.0 Å². The van der Waals surface area contributed by atoms with E-state index in [9.17, 15) is 14.0 Å². The van der Waals surface area contributed by atoms with Crippen LogP contribution in [0.25, 0.3) is 0 Å². The highest BCUT2D eigenvalue weighted by atomic mass is 35.5. The van der Waals surface area contributed by atoms with E-state index in [4.69, 9.17) is 23.2 Å². The summed E-state index contributed by atoms with van der Waals surface area (Å²) >= 11 is 12.7. The summed E-state index contributed by atoms with van der Waals surface area (Å²) in [5, 5.41) is 4.38. The van der Waals surface area contributed by atoms with Gasteiger partial charge in [0.1, 0.15) is 5.82 Å². The monoisotopic (exact) mass is 607 g/mol. The molecular formula is C34H36Cl2FN3O2. The van der Waals surface area contributed by atoms with E-state index in [0.29, 0.717) is 39.4 Å². The fraction of sp³-hybridized carbons (Fsp3) is 0.412. The van der Waals surface area contributed by atoms with Crippen LogP contribution in [0.5, 0.6) is 0 Å². The molecule has 8 heteroatoms. The molecule has 5 nitrogen and oxygen atoms in total. The Morgan fingerprint density at radius 3 is 2.36 bits per heavy atom. The second kappa shape index (κ2) is 12.3. The highest BCUT2D eigenvalue weighted by Crippen LogP contribution is 2.42. The minimum absolute atomic E-state index is 0.0138. The van der Waals surface area contributed by atoms with Gasteiger partial charge >= 0.3 is 0 Å². The molecule has 2 saturated carbocycles. The van der Waals surface area contributed by atoms with Crippen LogP contribution >= 0.6 is 23.2 Å². The SMILES string of the molecule is Cc1cccc(F)c1C(=O)N1CC(C(=O)N(c2ccc(NC3CCCC3)cc2)c2ccc(Cl)c(Cl)c2)CC2CCCC21. The molecule has 3 fully saturated rings. The van der Waals surface area contributed by atoms with Crippen LogP contribution in [0.1, 0.15) is 67.3 Å². The molecule has 1 saturated heterocycles. The maximum atomic E-state index is 14.9. The lowest BCUT2D eigenvalue weighted by Crippen LogP contribution is -2.53. The van der Waals surface area contributed by atoms with Gasteiger partial charge in [0.2, 0.25) is 5.91 Å². The number of piperidine rings is 1. The molecule has 1 N–H and O–H groups in total. The molecule has 1 heterocycles. The molecule has 2 aliphatic carbocycles. The van der Waals surface area contributed by atoms with Crippen LogP contribution in [-0.4, -0.2) is 35.3 Å². The standard InChI is InChI=1S/C34H36Cl2FN3O2/c1-21-6-4-10-30(37)32(21)34(42)39-20-23(18-22-7-5-11-31(22)39)33(41)40(27-16-17-28(35)29(36)19-27)26-14-12-25(13-15-26)38-24-8-2-3-9-24/h4,6,10,12-17,19,22-24,31,38H,2-3,5,7-9,11,18,20H2,1H3. The molecule has 0 spiro atoms. The summed E-state index contributed by atoms with van der Waals surface area (Å²) in [4.78, 5) is 31.8. The molecule has 0 radical (unpaired) electrons. The molecule has 3 aromatic rings. The van der Waals surface area contributed by atoms with Crippen molar-refractivity contribution in [1.29, 1.82) is 0 Å². The maximum Gasteiger partial charge on any atom is 0.257 e. The lowest BCUT2D eigenvalue weighted by molar-refractivity contribution is -0.124. The summed E-state index contributed by atoms with van der Waals surface area (Å²) in [7, 11) is 0. The highest BCUT2D eigenvalue weighted by Gasteiger charge is 2.45. The lowest BCUT2D eigenvalue weighted by Gasteiger charge is -2.43. The number of carbonyl (C=O) groups is 2. The van der Waals surface area contributed by atoms with E-state index < -0.39 is 11.7 Å². The summed E-state index contributed by atoms with van der Waals surface area (Å²) in [6.45, 7) is 2.00. The zero-order chi connectivity index (χ0) is 29.4. The Labute approximate surface area is 257 Å². The molecule has 3 aliphatic rings. The number of rotatable bonds is 6. The first-order chi connectivity index (χ1) is 20.3. The topological polar surface area (TPSA) is 52.7 Å². The van der Waals surface area contributed by atoms with Gasteiger partial charge in [0.05, 0.1) is 27.2 Å². The number of amides is 2. The van der Waals surface area contributed by atoms with Crippen molar-refractivity contribution in [2.75, 3.05) is 16.8 Å². The van der Waals surface area contributed by atoms with E-state index in [1.165, 1.54) is 31.7 Å². The smallest absolute Gasteiger partial charge is 0.257 e. The van der Waals surface area contributed by atoms with Crippen molar-refractivity contribution in [3.63, 3.8) is 0 Å². The van der Waals surface area contributed by atoms with Crippen LogP contribution < -0.4 is 10.2 Å². The van der Waals surface area contributed by atoms with E-state index in [2.05, 4.69) is 5.32 Å². The Balaban J connectivity index is 1.32. The number of aryl methyl sites for hydroxylation is 1. The number of nitrogens with one attached hydrogen (secondary N) is 1. The number of halogens is 3. The Bertz CT molecular complexity index is 1450. The second-order valence-corrected chi connectivity index (χ2v) is 12.8. The predicted molar refractivity (Wildman–Crippen MR) is 167 cm³/mol. The predicted octanol–water partition coefficient (Wildman–Crippen LogP) is 8.79. The van der Waals surface area contributed by atoms with Gasteiger partial charge in [-0.05, 0) is 99.0 Å². The van der Waals surface area contributed by atoms with E-state index in [1.807, 2.05) is 24.3 Å². The van der Waals surface area contributed by atoms with Crippen LogP contribution in [-0.2, 0) is 4.79 Å². The van der Waals surface area contributed by atoms with Crippen molar-refractivity contribution in [3.05, 3.63) is 87.7 Å². The van der Waals surface area contributed by atoms with Crippen LogP contribution in [0.15, 0.2) is 60.7 Å².